The van der Waals surface area contributed by atoms with Gasteiger partial charge in [0.05, 0.1) is 68.7 Å². The normalized spacial score (nSPS) is 14.4. The zero-order valence-electron chi connectivity index (χ0n) is 24.2. The number of rotatable bonds is 8. The van der Waals surface area contributed by atoms with E-state index in [9.17, 15) is 18.4 Å². The second-order valence-corrected chi connectivity index (χ2v) is 10.4. The molecule has 44 heavy (non-hydrogen) atoms. The van der Waals surface area contributed by atoms with Crippen LogP contribution in [-0.4, -0.2) is 67.1 Å². The van der Waals surface area contributed by atoms with E-state index in [-0.39, 0.29) is 36.2 Å². The first-order valence-electron chi connectivity index (χ1n) is 14.1. The first-order valence-corrected chi connectivity index (χ1v) is 14.1. The highest BCUT2D eigenvalue weighted by Gasteiger charge is 2.33. The number of anilines is 2. The summed E-state index contributed by atoms with van der Waals surface area (Å²) in [6.07, 6.45) is 0. The van der Waals surface area contributed by atoms with Crippen molar-refractivity contribution in [2.75, 3.05) is 45.8 Å². The van der Waals surface area contributed by atoms with Crippen LogP contribution in [0.2, 0.25) is 0 Å². The van der Waals surface area contributed by atoms with Crippen molar-refractivity contribution in [2.45, 2.75) is 13.1 Å². The summed E-state index contributed by atoms with van der Waals surface area (Å²) in [5.74, 6) is -0.754. The van der Waals surface area contributed by atoms with Crippen molar-refractivity contribution in [1.82, 2.24) is 14.8 Å². The number of amides is 2. The number of carbonyl (C=O) groups excluding carboxylic acids is 2. The summed E-state index contributed by atoms with van der Waals surface area (Å²) in [5.41, 5.74) is 2.64. The number of pyridine rings is 1. The van der Waals surface area contributed by atoms with Gasteiger partial charge < -0.3 is 29.3 Å². The molecule has 0 bridgehead atoms. The van der Waals surface area contributed by atoms with Gasteiger partial charge in [-0.3, -0.25) is 9.59 Å². The van der Waals surface area contributed by atoms with Gasteiger partial charge in [-0.2, -0.15) is 0 Å². The van der Waals surface area contributed by atoms with Crippen molar-refractivity contribution in [1.29, 1.82) is 0 Å². The largest absolute Gasteiger partial charge is 0.497 e. The minimum atomic E-state index is -0.765. The molecule has 1 N–H and O–H groups in total. The fourth-order valence-corrected chi connectivity index (χ4v) is 5.45. The van der Waals surface area contributed by atoms with Gasteiger partial charge in [0.15, 0.2) is 0 Å². The molecule has 2 aliphatic heterocycles. The predicted molar refractivity (Wildman–Crippen MR) is 159 cm³/mol. The van der Waals surface area contributed by atoms with Crippen LogP contribution < -0.4 is 14.8 Å². The second kappa shape index (κ2) is 12.3. The number of hydrogen-bond donors (Lipinski definition) is 1. The van der Waals surface area contributed by atoms with Gasteiger partial charge in [0, 0.05) is 36.0 Å². The molecule has 0 radical (unpaired) electrons. The number of aromatic nitrogens is 1. The number of hydrogen-bond acceptors (Lipinski definition) is 7. The van der Waals surface area contributed by atoms with Crippen molar-refractivity contribution >= 4 is 23.2 Å². The molecule has 3 aromatic carbocycles. The molecule has 226 valence electrons. The third kappa shape index (κ3) is 5.66. The molecule has 0 atom stereocenters. The number of carbonyl (C=O) groups is 2. The standard InChI is InChI=1S/C33H30F2N4O5/c1-42-23-11-8-21(29(16-23)43-2)18-39-19-28-31(33(39)41)27(17-26(37-28)30-24(34)4-3-5-25(30)35)36-22-9-6-20(7-10-22)32(40)38-12-14-44-15-13-38/h3-11,16-17H,12-15,18-19H2,1-2H3,(H,36,37). The fraction of sp³-hybridized carbons (Fsp3) is 0.242. The summed E-state index contributed by atoms with van der Waals surface area (Å²) in [4.78, 5) is 34.6. The van der Waals surface area contributed by atoms with Crippen molar-refractivity contribution < 1.29 is 32.6 Å². The van der Waals surface area contributed by atoms with E-state index in [4.69, 9.17) is 14.2 Å². The van der Waals surface area contributed by atoms with Crippen LogP contribution >= 0.6 is 0 Å². The minimum absolute atomic E-state index is 0.0534. The topological polar surface area (TPSA) is 93.2 Å². The predicted octanol–water partition coefficient (Wildman–Crippen LogP) is 5.42. The summed E-state index contributed by atoms with van der Waals surface area (Å²) in [6, 6.07) is 17.3. The van der Waals surface area contributed by atoms with Crippen LogP contribution in [-0.2, 0) is 17.8 Å². The van der Waals surface area contributed by atoms with E-state index in [1.165, 1.54) is 19.2 Å². The zero-order valence-corrected chi connectivity index (χ0v) is 24.2. The Morgan fingerprint density at radius 1 is 0.955 bits per heavy atom. The van der Waals surface area contributed by atoms with Gasteiger partial charge in [0.1, 0.15) is 23.1 Å². The highest BCUT2D eigenvalue weighted by Crippen LogP contribution is 2.37. The van der Waals surface area contributed by atoms with Gasteiger partial charge in [0.25, 0.3) is 11.8 Å². The molecule has 6 rings (SSSR count). The number of ether oxygens (including phenoxy) is 3. The second-order valence-electron chi connectivity index (χ2n) is 10.4. The number of morpholine rings is 1. The minimum Gasteiger partial charge on any atom is -0.497 e. The zero-order chi connectivity index (χ0) is 30.8. The lowest BCUT2D eigenvalue weighted by atomic mass is 10.1. The van der Waals surface area contributed by atoms with E-state index < -0.39 is 11.6 Å². The Morgan fingerprint density at radius 3 is 2.36 bits per heavy atom. The molecule has 0 spiro atoms. The van der Waals surface area contributed by atoms with E-state index in [0.717, 1.165) is 17.7 Å². The Balaban J connectivity index is 1.34. The average Bonchev–Trinajstić information content (AvgIpc) is 3.36. The molecule has 2 aliphatic rings. The van der Waals surface area contributed by atoms with E-state index in [0.29, 0.717) is 66.0 Å². The van der Waals surface area contributed by atoms with Crippen LogP contribution in [0.3, 0.4) is 0 Å². The molecular weight excluding hydrogens is 570 g/mol. The fourth-order valence-electron chi connectivity index (χ4n) is 5.45. The average molecular weight is 601 g/mol. The molecule has 2 amide bonds. The van der Waals surface area contributed by atoms with Crippen LogP contribution in [0.1, 0.15) is 32.0 Å². The summed E-state index contributed by atoms with van der Waals surface area (Å²) in [5, 5.41) is 3.23. The first kappa shape index (κ1) is 29.1. The van der Waals surface area contributed by atoms with Gasteiger partial charge in [-0.25, -0.2) is 13.8 Å². The third-order valence-corrected chi connectivity index (χ3v) is 7.72. The maximum atomic E-state index is 14.9. The van der Waals surface area contributed by atoms with Crippen LogP contribution in [0, 0.1) is 11.6 Å². The Bertz CT molecular complexity index is 1700. The molecular formula is C33H30F2N4O5. The van der Waals surface area contributed by atoms with E-state index in [1.54, 1.807) is 53.3 Å². The number of methoxy groups -OCH3 is 2. The summed E-state index contributed by atoms with van der Waals surface area (Å²) >= 11 is 0. The van der Waals surface area contributed by atoms with Gasteiger partial charge in [-0.05, 0) is 54.6 Å². The summed E-state index contributed by atoms with van der Waals surface area (Å²) < 4.78 is 45.9. The lowest BCUT2D eigenvalue weighted by Gasteiger charge is -2.26. The smallest absolute Gasteiger partial charge is 0.258 e. The molecule has 0 aliphatic carbocycles. The van der Waals surface area contributed by atoms with Crippen LogP contribution in [0.5, 0.6) is 11.5 Å². The van der Waals surface area contributed by atoms with E-state index in [1.807, 2.05) is 6.07 Å². The third-order valence-electron chi connectivity index (χ3n) is 7.72. The first-order chi connectivity index (χ1) is 21.4. The molecule has 1 fully saturated rings. The van der Waals surface area contributed by atoms with Crippen molar-refractivity contribution in [3.63, 3.8) is 0 Å². The van der Waals surface area contributed by atoms with Gasteiger partial charge in [-0.1, -0.05) is 6.07 Å². The monoisotopic (exact) mass is 600 g/mol. The maximum Gasteiger partial charge on any atom is 0.258 e. The molecule has 4 aromatic rings. The number of nitrogens with zero attached hydrogens (tertiary/aromatic N) is 3. The Labute approximate surface area is 253 Å². The number of nitrogens with one attached hydrogen (secondary N) is 1. The molecule has 1 aromatic heterocycles. The van der Waals surface area contributed by atoms with E-state index in [2.05, 4.69) is 10.3 Å². The van der Waals surface area contributed by atoms with Gasteiger partial charge in [0.2, 0.25) is 0 Å². The van der Waals surface area contributed by atoms with Crippen molar-refractivity contribution in [3.8, 4) is 22.8 Å². The quantitative estimate of drug-likeness (QED) is 0.289. The maximum absolute atomic E-state index is 14.9. The van der Waals surface area contributed by atoms with E-state index >= 15 is 0 Å². The molecule has 11 heteroatoms. The van der Waals surface area contributed by atoms with Crippen LogP contribution in [0.4, 0.5) is 20.2 Å². The number of fused-ring (bicyclic) bond motifs is 1. The Hall–Kier alpha value is -5.03. The molecule has 0 saturated carbocycles. The van der Waals surface area contributed by atoms with Crippen molar-refractivity contribution in [2.24, 2.45) is 0 Å². The molecule has 9 nitrogen and oxygen atoms in total. The SMILES string of the molecule is COc1ccc(CN2Cc3nc(-c4c(F)cccc4F)cc(Nc4ccc(C(=O)N5CCOCC5)cc4)c3C2=O)c(OC)c1. The van der Waals surface area contributed by atoms with Gasteiger partial charge >= 0.3 is 0 Å². The van der Waals surface area contributed by atoms with Crippen LogP contribution in [0.25, 0.3) is 11.3 Å². The molecule has 0 unspecified atom stereocenters. The lowest BCUT2D eigenvalue weighted by molar-refractivity contribution is 0.0303. The Kier molecular flexibility index (Phi) is 8.12. The molecule has 3 heterocycles. The van der Waals surface area contributed by atoms with Gasteiger partial charge in [-0.15, -0.1) is 0 Å². The number of halogens is 2. The van der Waals surface area contributed by atoms with Crippen molar-refractivity contribution in [3.05, 3.63) is 101 Å². The highest BCUT2D eigenvalue weighted by molar-refractivity contribution is 6.04. The molecule has 1 saturated heterocycles. The lowest BCUT2D eigenvalue weighted by Crippen LogP contribution is -2.40. The van der Waals surface area contributed by atoms with Crippen LogP contribution in [0.15, 0.2) is 66.7 Å². The summed E-state index contributed by atoms with van der Waals surface area (Å²) in [6.45, 7) is 2.38. The Morgan fingerprint density at radius 2 is 1.68 bits per heavy atom. The number of benzene rings is 3. The highest BCUT2D eigenvalue weighted by atomic mass is 19.1. The summed E-state index contributed by atoms with van der Waals surface area (Å²) in [7, 11) is 3.10.